The third kappa shape index (κ3) is 8.30. The number of likely N-dealkylation sites (N-methyl/N-ethyl adjacent to an activating group) is 1. The molecule has 3 N–H and O–H groups in total. The predicted octanol–water partition coefficient (Wildman–Crippen LogP) is 7.74. The molecule has 0 unspecified atom stereocenters. The number of rotatable bonds is 9. The fourth-order valence-corrected chi connectivity index (χ4v) is 7.40. The van der Waals surface area contributed by atoms with Gasteiger partial charge < -0.3 is 20.9 Å². The number of piperidine rings is 1. The molecule has 4 aromatic carbocycles. The quantitative estimate of drug-likeness (QED) is 0.189. The van der Waals surface area contributed by atoms with Gasteiger partial charge in [0.15, 0.2) is 0 Å². The van der Waals surface area contributed by atoms with E-state index in [2.05, 4.69) is 22.3 Å². The van der Waals surface area contributed by atoms with Crippen molar-refractivity contribution in [2.45, 2.75) is 56.7 Å². The van der Waals surface area contributed by atoms with Crippen LogP contribution in [0.25, 0.3) is 0 Å². The zero-order valence-electron chi connectivity index (χ0n) is 28.0. The van der Waals surface area contributed by atoms with Crippen LogP contribution in [0.1, 0.15) is 61.4 Å². The number of hydrogen-bond donors (Lipinski definition) is 2. The van der Waals surface area contributed by atoms with Crippen LogP contribution in [-0.2, 0) is 27.1 Å². The molecule has 1 heterocycles. The first-order chi connectivity index (χ1) is 23.0. The van der Waals surface area contributed by atoms with Gasteiger partial charge in [-0.2, -0.15) is 0 Å². The van der Waals surface area contributed by atoms with Crippen molar-refractivity contribution in [1.29, 1.82) is 0 Å². The maximum atomic E-state index is 14.1. The summed E-state index contributed by atoms with van der Waals surface area (Å²) in [6.45, 7) is 6.62. The highest BCUT2D eigenvalue weighted by atomic mass is 35.5. The molecule has 4 aromatic rings. The summed E-state index contributed by atoms with van der Waals surface area (Å²) in [6.07, 6.45) is 2.42. The Morgan fingerprint density at radius 2 is 1.46 bits per heavy atom. The summed E-state index contributed by atoms with van der Waals surface area (Å²) in [5, 5.41) is 4.22. The molecule has 6 nitrogen and oxygen atoms in total. The van der Waals surface area contributed by atoms with E-state index < -0.39 is 5.41 Å². The molecule has 1 aliphatic heterocycles. The van der Waals surface area contributed by atoms with Gasteiger partial charge in [-0.15, -0.1) is 0 Å². The lowest BCUT2D eigenvalue weighted by atomic mass is 9.80. The van der Waals surface area contributed by atoms with Gasteiger partial charge in [-0.3, -0.25) is 9.59 Å². The maximum absolute atomic E-state index is 14.1. The Hall–Kier alpha value is -3.68. The number of nitrogens with one attached hydrogen (secondary N) is 1. The van der Waals surface area contributed by atoms with E-state index in [1.54, 1.807) is 13.0 Å². The zero-order valence-corrected chi connectivity index (χ0v) is 29.6. The molecule has 6 rings (SSSR count). The molecule has 48 heavy (non-hydrogen) atoms. The van der Waals surface area contributed by atoms with E-state index in [-0.39, 0.29) is 29.3 Å². The number of amides is 2. The Morgan fingerprint density at radius 1 is 0.875 bits per heavy atom. The Labute approximate surface area is 295 Å². The van der Waals surface area contributed by atoms with Crippen LogP contribution in [0.5, 0.6) is 0 Å². The van der Waals surface area contributed by atoms with Gasteiger partial charge in [0.1, 0.15) is 0 Å². The van der Waals surface area contributed by atoms with Crippen molar-refractivity contribution in [3.63, 3.8) is 0 Å². The minimum atomic E-state index is -0.622. The summed E-state index contributed by atoms with van der Waals surface area (Å²) in [4.78, 5) is 30.5. The molecule has 0 spiro atoms. The number of nitrogens with two attached hydrogens (primary N) is 1. The van der Waals surface area contributed by atoms with Crippen LogP contribution in [0, 0.1) is 5.92 Å². The Balaban J connectivity index is 0.000000434. The van der Waals surface area contributed by atoms with Crippen LogP contribution in [0.4, 0.5) is 0 Å². The number of carbonyl (C=O) groups excluding carboxylic acids is 2. The van der Waals surface area contributed by atoms with Crippen molar-refractivity contribution in [2.24, 2.45) is 11.7 Å². The molecule has 3 atom stereocenters. The molecule has 0 bridgehead atoms. The first-order valence-electron chi connectivity index (χ1n) is 16.7. The molecule has 2 fully saturated rings. The highest BCUT2D eigenvalue weighted by Gasteiger charge is 2.62. The van der Waals surface area contributed by atoms with Gasteiger partial charge in [0, 0.05) is 46.2 Å². The highest BCUT2D eigenvalue weighted by molar-refractivity contribution is 6.42. The topological polar surface area (TPSA) is 78.7 Å². The van der Waals surface area contributed by atoms with E-state index in [1.165, 1.54) is 5.56 Å². The molecule has 0 radical (unpaired) electrons. The summed E-state index contributed by atoms with van der Waals surface area (Å²) in [5.41, 5.74) is 9.00. The average Bonchev–Trinajstić information content (AvgIpc) is 3.82. The molecule has 252 valence electrons. The van der Waals surface area contributed by atoms with Crippen molar-refractivity contribution >= 4 is 35.0 Å². The predicted molar refractivity (Wildman–Crippen MR) is 196 cm³/mol. The van der Waals surface area contributed by atoms with Crippen LogP contribution in [0.15, 0.2) is 109 Å². The number of carbonyl (C=O) groups is 2. The fourth-order valence-electron chi connectivity index (χ4n) is 7.10. The smallest absolute Gasteiger partial charge is 0.233 e. The van der Waals surface area contributed by atoms with Gasteiger partial charge >= 0.3 is 0 Å². The van der Waals surface area contributed by atoms with E-state index in [4.69, 9.17) is 28.9 Å². The lowest BCUT2D eigenvalue weighted by molar-refractivity contribution is -0.133. The number of hydrogen-bond acceptors (Lipinski definition) is 4. The van der Waals surface area contributed by atoms with Crippen molar-refractivity contribution < 1.29 is 9.59 Å². The minimum absolute atomic E-state index is 0.0137. The fraction of sp³-hybridized carbons (Fsp3) is 0.350. The summed E-state index contributed by atoms with van der Waals surface area (Å²) < 4.78 is 0. The van der Waals surface area contributed by atoms with E-state index >= 15 is 0 Å². The Kier molecular flexibility index (Phi) is 11.6. The lowest BCUT2D eigenvalue weighted by Gasteiger charge is -2.43. The van der Waals surface area contributed by atoms with Crippen molar-refractivity contribution in [3.05, 3.63) is 141 Å². The molecule has 8 heteroatoms. The number of benzene rings is 4. The molecular weight excluding hydrogens is 639 g/mol. The molecule has 1 saturated carbocycles. The second-order valence-electron chi connectivity index (χ2n) is 13.3. The monoisotopic (exact) mass is 684 g/mol. The molecule has 2 aliphatic rings. The number of nitrogens with zero attached hydrogens (tertiary/aromatic N) is 2. The Bertz CT molecular complexity index is 1660. The van der Waals surface area contributed by atoms with Crippen molar-refractivity contribution in [3.8, 4) is 0 Å². The third-order valence-electron chi connectivity index (χ3n) is 9.79. The molecule has 1 aliphatic carbocycles. The summed E-state index contributed by atoms with van der Waals surface area (Å²) in [7, 11) is 1.88. The zero-order chi connectivity index (χ0) is 34.3. The number of halogens is 2. The summed E-state index contributed by atoms with van der Waals surface area (Å²) in [6, 6.07) is 36.1. The van der Waals surface area contributed by atoms with Crippen LogP contribution in [0.2, 0.25) is 10.0 Å². The average molecular weight is 686 g/mol. The summed E-state index contributed by atoms with van der Waals surface area (Å²) in [5.74, 6) is 0.272. The van der Waals surface area contributed by atoms with Crippen LogP contribution in [0.3, 0.4) is 0 Å². The van der Waals surface area contributed by atoms with Crippen molar-refractivity contribution in [1.82, 2.24) is 15.1 Å². The van der Waals surface area contributed by atoms with Gasteiger partial charge in [-0.1, -0.05) is 120 Å². The van der Waals surface area contributed by atoms with Crippen LogP contribution >= 0.6 is 23.2 Å². The first kappa shape index (κ1) is 35.6. The molecule has 2 amide bonds. The highest BCUT2D eigenvalue weighted by Crippen LogP contribution is 2.57. The van der Waals surface area contributed by atoms with Gasteiger partial charge in [0.05, 0.1) is 21.0 Å². The standard InChI is InChI=1S/C32H35Cl2N3O2.C8H11N/c1-23(38)35-31(25-11-7-4-8-12-25)15-17-37(18-16-31)22-27-20-32(27,26-13-14-28(33)29(34)19-26)30(39)36(2)21-24-9-5-3-6-10-24;1-7(9)8-5-3-2-4-6-8/h3-14,19,27H,15-18,20-22H2,1-2H3,(H,35,38);2-7H,9H2,1H3/t27-,32+;7-/m01/s1. The van der Waals surface area contributed by atoms with E-state index in [0.29, 0.717) is 16.6 Å². The molecular formula is C40H46Cl2N4O2. The van der Waals surface area contributed by atoms with E-state index in [9.17, 15) is 9.59 Å². The molecule has 0 aromatic heterocycles. The van der Waals surface area contributed by atoms with Crippen LogP contribution in [-0.4, -0.2) is 48.3 Å². The number of likely N-dealkylation sites (tertiary alicyclic amines) is 1. The van der Waals surface area contributed by atoms with Crippen LogP contribution < -0.4 is 11.1 Å². The Morgan fingerprint density at radius 3 is 2.00 bits per heavy atom. The second kappa shape index (κ2) is 15.7. The third-order valence-corrected chi connectivity index (χ3v) is 10.5. The van der Waals surface area contributed by atoms with Gasteiger partial charge in [-0.25, -0.2) is 0 Å². The molecule has 1 saturated heterocycles. The van der Waals surface area contributed by atoms with Gasteiger partial charge in [-0.05, 0) is 66.5 Å². The minimum Gasteiger partial charge on any atom is -0.347 e. The van der Waals surface area contributed by atoms with Crippen molar-refractivity contribution in [2.75, 3.05) is 26.7 Å². The largest absolute Gasteiger partial charge is 0.347 e. The maximum Gasteiger partial charge on any atom is 0.233 e. The normalized spacial score (nSPS) is 20.5. The van der Waals surface area contributed by atoms with E-state index in [0.717, 1.165) is 55.6 Å². The first-order valence-corrected chi connectivity index (χ1v) is 17.4. The lowest BCUT2D eigenvalue weighted by Crippen LogP contribution is -2.53. The van der Waals surface area contributed by atoms with Gasteiger partial charge in [0.25, 0.3) is 0 Å². The second-order valence-corrected chi connectivity index (χ2v) is 14.1. The summed E-state index contributed by atoms with van der Waals surface area (Å²) >= 11 is 12.7. The van der Waals surface area contributed by atoms with Gasteiger partial charge in [0.2, 0.25) is 11.8 Å². The SMILES string of the molecule is CC(=O)NC1(c2ccccc2)CCN(C[C@@H]2C[C@@]2(C(=O)N(C)Cc2ccccc2)c2ccc(Cl)c(Cl)c2)CC1.C[C@@H](N)c1ccccc1. The van der Waals surface area contributed by atoms with E-state index in [1.807, 2.05) is 110 Å².